The number of anilines is 1. The summed E-state index contributed by atoms with van der Waals surface area (Å²) in [5.74, 6) is 0.0650. The smallest absolute Gasteiger partial charge is 0.262 e. The zero-order chi connectivity index (χ0) is 20.3. The molecule has 0 radical (unpaired) electrons. The van der Waals surface area contributed by atoms with Crippen LogP contribution in [0.3, 0.4) is 0 Å². The van der Waals surface area contributed by atoms with Gasteiger partial charge in [0.1, 0.15) is 0 Å². The van der Waals surface area contributed by atoms with Crippen molar-refractivity contribution in [2.45, 2.75) is 44.8 Å². The minimum absolute atomic E-state index is 0.0698. The lowest BCUT2D eigenvalue weighted by atomic mass is 9.86. The highest BCUT2D eigenvalue weighted by molar-refractivity contribution is 7.99. The van der Waals surface area contributed by atoms with Gasteiger partial charge in [0.15, 0.2) is 5.16 Å². The molecular formula is C22H25N3O2S. The first-order valence-corrected chi connectivity index (χ1v) is 10.3. The van der Waals surface area contributed by atoms with Crippen LogP contribution in [0.2, 0.25) is 0 Å². The third-order valence-electron chi connectivity index (χ3n) is 4.48. The standard InChI is InChI=1S/C22H25N3O2S/c1-5-25-20(27)15-10-6-8-12-17(15)24-21(25)28-14-19(26)23-18-13-9-7-11-16(18)22(2,3)4/h6-13H,5,14H2,1-4H3,(H,23,26). The van der Waals surface area contributed by atoms with Gasteiger partial charge < -0.3 is 5.32 Å². The summed E-state index contributed by atoms with van der Waals surface area (Å²) in [6.07, 6.45) is 0. The SMILES string of the molecule is CCn1c(SCC(=O)Nc2ccccc2C(C)(C)C)nc2ccccc2c1=O. The lowest BCUT2D eigenvalue weighted by Crippen LogP contribution is -2.24. The first-order chi connectivity index (χ1) is 13.3. The predicted octanol–water partition coefficient (Wildman–Crippen LogP) is 4.44. The van der Waals surface area contributed by atoms with E-state index in [9.17, 15) is 9.59 Å². The number of hydrogen-bond donors (Lipinski definition) is 1. The Bertz CT molecular complexity index is 1070. The Hall–Kier alpha value is -2.60. The fraction of sp³-hybridized carbons (Fsp3) is 0.318. The maximum Gasteiger partial charge on any atom is 0.262 e. The van der Waals surface area contributed by atoms with Crippen molar-refractivity contribution >= 4 is 34.3 Å². The molecule has 1 amide bonds. The van der Waals surface area contributed by atoms with Crippen molar-refractivity contribution in [1.29, 1.82) is 0 Å². The lowest BCUT2D eigenvalue weighted by Gasteiger charge is -2.23. The monoisotopic (exact) mass is 395 g/mol. The predicted molar refractivity (Wildman–Crippen MR) is 116 cm³/mol. The van der Waals surface area contributed by atoms with Gasteiger partial charge in [0.25, 0.3) is 5.56 Å². The van der Waals surface area contributed by atoms with E-state index in [-0.39, 0.29) is 22.6 Å². The lowest BCUT2D eigenvalue weighted by molar-refractivity contribution is -0.113. The van der Waals surface area contributed by atoms with Crippen LogP contribution in [0.4, 0.5) is 5.69 Å². The van der Waals surface area contributed by atoms with Crippen LogP contribution in [0.5, 0.6) is 0 Å². The van der Waals surface area contributed by atoms with Crippen LogP contribution in [0, 0.1) is 0 Å². The van der Waals surface area contributed by atoms with Crippen molar-refractivity contribution < 1.29 is 4.79 Å². The molecule has 0 unspecified atom stereocenters. The Morgan fingerprint density at radius 2 is 1.79 bits per heavy atom. The van der Waals surface area contributed by atoms with Crippen LogP contribution < -0.4 is 10.9 Å². The quantitative estimate of drug-likeness (QED) is 0.512. The van der Waals surface area contributed by atoms with Gasteiger partial charge in [0, 0.05) is 12.2 Å². The Kier molecular flexibility index (Phi) is 5.89. The van der Waals surface area contributed by atoms with Crippen molar-refractivity contribution in [1.82, 2.24) is 9.55 Å². The summed E-state index contributed by atoms with van der Waals surface area (Å²) in [7, 11) is 0. The van der Waals surface area contributed by atoms with Crippen molar-refractivity contribution in [2.24, 2.45) is 0 Å². The summed E-state index contributed by atoms with van der Waals surface area (Å²) in [4.78, 5) is 29.8. The van der Waals surface area contributed by atoms with E-state index in [1.807, 2.05) is 49.4 Å². The molecule has 0 spiro atoms. The number of fused-ring (bicyclic) bond motifs is 1. The van der Waals surface area contributed by atoms with Gasteiger partial charge >= 0.3 is 0 Å². The highest BCUT2D eigenvalue weighted by Gasteiger charge is 2.19. The van der Waals surface area contributed by atoms with Crippen molar-refractivity contribution in [3.63, 3.8) is 0 Å². The van der Waals surface area contributed by atoms with Crippen LogP contribution in [-0.4, -0.2) is 21.2 Å². The maximum atomic E-state index is 12.7. The highest BCUT2D eigenvalue weighted by Crippen LogP contribution is 2.29. The van der Waals surface area contributed by atoms with Crippen LogP contribution in [-0.2, 0) is 16.8 Å². The topological polar surface area (TPSA) is 64.0 Å². The van der Waals surface area contributed by atoms with Crippen molar-refractivity contribution in [2.75, 3.05) is 11.1 Å². The number of para-hydroxylation sites is 2. The fourth-order valence-electron chi connectivity index (χ4n) is 3.10. The fourth-order valence-corrected chi connectivity index (χ4v) is 3.96. The summed E-state index contributed by atoms with van der Waals surface area (Å²) in [6, 6.07) is 15.1. The third-order valence-corrected chi connectivity index (χ3v) is 5.46. The van der Waals surface area contributed by atoms with E-state index < -0.39 is 0 Å². The van der Waals surface area contributed by atoms with E-state index in [1.165, 1.54) is 11.8 Å². The Labute approximate surface area is 169 Å². The molecule has 146 valence electrons. The number of carbonyl (C=O) groups is 1. The van der Waals surface area contributed by atoms with Gasteiger partial charge in [-0.2, -0.15) is 0 Å². The largest absolute Gasteiger partial charge is 0.325 e. The molecule has 2 aromatic carbocycles. The van der Waals surface area contributed by atoms with Crippen LogP contribution >= 0.6 is 11.8 Å². The maximum absolute atomic E-state index is 12.7. The van der Waals surface area contributed by atoms with Gasteiger partial charge in [0.05, 0.1) is 16.7 Å². The van der Waals surface area contributed by atoms with Crippen molar-refractivity contribution in [3.8, 4) is 0 Å². The molecule has 0 fully saturated rings. The minimum atomic E-state index is -0.119. The molecule has 0 aliphatic heterocycles. The normalized spacial score (nSPS) is 11.6. The molecule has 1 aromatic heterocycles. The zero-order valence-corrected chi connectivity index (χ0v) is 17.5. The van der Waals surface area contributed by atoms with E-state index in [2.05, 4.69) is 31.1 Å². The summed E-state index contributed by atoms with van der Waals surface area (Å²) < 4.78 is 1.61. The Morgan fingerprint density at radius 3 is 2.50 bits per heavy atom. The average Bonchev–Trinajstić information content (AvgIpc) is 2.66. The molecule has 3 rings (SSSR count). The number of amides is 1. The second kappa shape index (κ2) is 8.19. The summed E-state index contributed by atoms with van der Waals surface area (Å²) >= 11 is 1.28. The molecule has 0 saturated carbocycles. The molecule has 1 N–H and O–H groups in total. The number of thioether (sulfide) groups is 1. The van der Waals surface area contributed by atoms with Crippen LogP contribution in [0.1, 0.15) is 33.3 Å². The molecule has 6 heteroatoms. The first kappa shape index (κ1) is 20.1. The summed E-state index contributed by atoms with van der Waals surface area (Å²) in [5, 5.41) is 4.16. The van der Waals surface area contributed by atoms with Gasteiger partial charge in [0.2, 0.25) is 5.91 Å². The van der Waals surface area contributed by atoms with E-state index >= 15 is 0 Å². The molecule has 0 aliphatic rings. The number of carbonyl (C=O) groups excluding carboxylic acids is 1. The molecule has 0 atom stereocenters. The molecule has 3 aromatic rings. The molecule has 0 bridgehead atoms. The van der Waals surface area contributed by atoms with Gasteiger partial charge in [-0.15, -0.1) is 0 Å². The summed E-state index contributed by atoms with van der Waals surface area (Å²) in [5.41, 5.74) is 2.41. The molecule has 28 heavy (non-hydrogen) atoms. The number of rotatable bonds is 5. The third kappa shape index (κ3) is 4.28. The average molecular weight is 396 g/mol. The number of aromatic nitrogens is 2. The van der Waals surface area contributed by atoms with Gasteiger partial charge in [-0.1, -0.05) is 62.9 Å². The number of nitrogens with zero attached hydrogens (tertiary/aromatic N) is 2. The second-order valence-corrected chi connectivity index (χ2v) is 8.54. The molecule has 0 aliphatic carbocycles. The molecular weight excluding hydrogens is 370 g/mol. The van der Waals surface area contributed by atoms with E-state index in [1.54, 1.807) is 10.6 Å². The van der Waals surface area contributed by atoms with Gasteiger partial charge in [-0.25, -0.2) is 4.98 Å². The molecule has 5 nitrogen and oxygen atoms in total. The highest BCUT2D eigenvalue weighted by atomic mass is 32.2. The van der Waals surface area contributed by atoms with Gasteiger partial charge in [-0.05, 0) is 36.1 Å². The van der Waals surface area contributed by atoms with E-state index in [4.69, 9.17) is 0 Å². The second-order valence-electron chi connectivity index (χ2n) is 7.59. The Morgan fingerprint density at radius 1 is 1.11 bits per heavy atom. The van der Waals surface area contributed by atoms with Crippen LogP contribution in [0.25, 0.3) is 10.9 Å². The number of hydrogen-bond acceptors (Lipinski definition) is 4. The van der Waals surface area contributed by atoms with Crippen molar-refractivity contribution in [3.05, 3.63) is 64.4 Å². The number of nitrogens with one attached hydrogen (secondary N) is 1. The number of benzene rings is 2. The molecule has 0 saturated heterocycles. The van der Waals surface area contributed by atoms with Gasteiger partial charge in [-0.3, -0.25) is 14.2 Å². The Balaban J connectivity index is 1.80. The van der Waals surface area contributed by atoms with Crippen LogP contribution in [0.15, 0.2) is 58.5 Å². The first-order valence-electron chi connectivity index (χ1n) is 9.33. The zero-order valence-electron chi connectivity index (χ0n) is 16.7. The minimum Gasteiger partial charge on any atom is -0.325 e. The van der Waals surface area contributed by atoms with E-state index in [0.29, 0.717) is 22.6 Å². The summed E-state index contributed by atoms with van der Waals surface area (Å²) in [6.45, 7) is 8.76. The van der Waals surface area contributed by atoms with E-state index in [0.717, 1.165) is 11.3 Å². The molecule has 1 heterocycles.